The molecule has 0 bridgehead atoms. The number of guanidine groups is 1. The number of aryl methyl sites for hydroxylation is 1. The van der Waals surface area contributed by atoms with Crippen LogP contribution >= 0.6 is 23.2 Å². The molecule has 0 atom stereocenters. The van der Waals surface area contributed by atoms with E-state index in [-0.39, 0.29) is 40.6 Å². The summed E-state index contributed by atoms with van der Waals surface area (Å²) in [4.78, 5) is 20.3. The van der Waals surface area contributed by atoms with Crippen molar-refractivity contribution in [2.24, 2.45) is 10.7 Å². The first-order valence-electron chi connectivity index (χ1n) is 10.2. The molecule has 0 fully saturated rings. The first-order chi connectivity index (χ1) is 17.2. The summed E-state index contributed by atoms with van der Waals surface area (Å²) in [5.74, 6) is -0.869. The van der Waals surface area contributed by atoms with E-state index in [9.17, 15) is 9.18 Å². The number of hydrazine groups is 1. The molecule has 2 heterocycles. The topological polar surface area (TPSA) is 154 Å². The number of carbonyl (C=O) groups is 1. The van der Waals surface area contributed by atoms with Crippen LogP contribution in [-0.2, 0) is 6.54 Å². The van der Waals surface area contributed by atoms with Crippen LogP contribution in [-0.4, -0.2) is 34.3 Å². The average molecular weight is 534 g/mol. The Morgan fingerprint density at radius 2 is 1.97 bits per heavy atom. The largest absolute Gasteiger partial charge is 0.479 e. The van der Waals surface area contributed by atoms with Crippen molar-refractivity contribution in [2.45, 2.75) is 13.5 Å². The highest BCUT2D eigenvalue weighted by Crippen LogP contribution is 2.37. The molecule has 4 rings (SSSR count). The molecule has 0 radical (unpaired) electrons. The molecule has 0 aliphatic rings. The lowest BCUT2D eigenvalue weighted by Crippen LogP contribution is -2.45. The lowest BCUT2D eigenvalue weighted by Gasteiger charge is -2.11. The van der Waals surface area contributed by atoms with Crippen molar-refractivity contribution in [3.8, 4) is 28.4 Å². The van der Waals surface area contributed by atoms with E-state index in [1.165, 1.54) is 19.2 Å². The van der Waals surface area contributed by atoms with Gasteiger partial charge in [0.05, 0.1) is 25.3 Å². The molecule has 0 saturated heterocycles. The number of aliphatic imine (C=N–C) groups is 1. The van der Waals surface area contributed by atoms with Crippen LogP contribution in [0.15, 0.2) is 50.4 Å². The van der Waals surface area contributed by atoms with E-state index in [0.717, 1.165) is 0 Å². The third-order valence-corrected chi connectivity index (χ3v) is 5.39. The number of hydrogen-bond donors (Lipinski definition) is 3. The summed E-state index contributed by atoms with van der Waals surface area (Å²) in [5, 5.41) is 7.89. The van der Waals surface area contributed by atoms with Crippen molar-refractivity contribution >= 4 is 35.1 Å². The number of nitrogens with two attached hydrogens (primary N) is 1. The summed E-state index contributed by atoms with van der Waals surface area (Å²) in [5.41, 5.74) is 12.3. The fourth-order valence-electron chi connectivity index (χ4n) is 3.13. The highest BCUT2D eigenvalue weighted by Gasteiger charge is 2.19. The van der Waals surface area contributed by atoms with Crippen LogP contribution in [0.25, 0.3) is 22.5 Å². The maximum Gasteiger partial charge on any atom is 0.308 e. The van der Waals surface area contributed by atoms with E-state index in [0.29, 0.717) is 27.6 Å². The predicted octanol–water partition coefficient (Wildman–Crippen LogP) is 3.90. The third-order valence-electron chi connectivity index (χ3n) is 4.82. The number of nitrogens with one attached hydrogen (secondary N) is 2. The number of methoxy groups -OCH3 is 1. The lowest BCUT2D eigenvalue weighted by molar-refractivity contribution is 0.0906. The Morgan fingerprint density at radius 1 is 1.17 bits per heavy atom. The summed E-state index contributed by atoms with van der Waals surface area (Å²) in [7, 11) is 1.39. The molecule has 1 amide bonds. The van der Waals surface area contributed by atoms with E-state index in [4.69, 9.17) is 42.7 Å². The second-order valence-electron chi connectivity index (χ2n) is 7.27. The second kappa shape index (κ2) is 10.6. The Morgan fingerprint density at radius 3 is 2.64 bits per heavy atom. The number of hydrogen-bond acceptors (Lipinski definition) is 8. The molecule has 2 aromatic heterocycles. The minimum absolute atomic E-state index is 0.0818. The molecule has 4 aromatic rings. The molecule has 36 heavy (non-hydrogen) atoms. The number of benzene rings is 2. The van der Waals surface area contributed by atoms with Gasteiger partial charge in [-0.2, -0.15) is 4.98 Å². The molecule has 186 valence electrons. The van der Waals surface area contributed by atoms with Gasteiger partial charge < -0.3 is 19.5 Å². The van der Waals surface area contributed by atoms with E-state index in [1.807, 2.05) is 0 Å². The molecular weight excluding hydrogens is 516 g/mol. The summed E-state index contributed by atoms with van der Waals surface area (Å²) in [6, 6.07) is 9.13. The smallest absolute Gasteiger partial charge is 0.308 e. The van der Waals surface area contributed by atoms with Crippen LogP contribution in [0.4, 0.5) is 4.39 Å². The number of ether oxygens (including phenoxy) is 1. The summed E-state index contributed by atoms with van der Waals surface area (Å²) in [6.45, 7) is 1.69. The van der Waals surface area contributed by atoms with Gasteiger partial charge in [-0.15, -0.1) is 0 Å². The number of carbonyl (C=O) groups excluding carboxylic acids is 1. The normalized spacial score (nSPS) is 11.4. The Balaban J connectivity index is 1.49. The molecule has 0 aliphatic heterocycles. The fourth-order valence-corrected chi connectivity index (χ4v) is 3.57. The molecule has 0 saturated carbocycles. The number of aromatic nitrogens is 3. The maximum absolute atomic E-state index is 14.8. The molecule has 2 aromatic carbocycles. The van der Waals surface area contributed by atoms with Crippen LogP contribution in [0.1, 0.15) is 22.0 Å². The highest BCUT2D eigenvalue weighted by molar-refractivity contribution is 6.32. The Kier molecular flexibility index (Phi) is 7.36. The minimum atomic E-state index is -0.632. The van der Waals surface area contributed by atoms with Crippen LogP contribution in [0.5, 0.6) is 5.88 Å². The van der Waals surface area contributed by atoms with Crippen LogP contribution in [0.2, 0.25) is 10.0 Å². The van der Waals surface area contributed by atoms with Crippen molar-refractivity contribution in [3.05, 3.63) is 69.5 Å². The van der Waals surface area contributed by atoms with Crippen molar-refractivity contribution in [3.63, 3.8) is 0 Å². The Labute approximate surface area is 213 Å². The van der Waals surface area contributed by atoms with Crippen LogP contribution in [0, 0.1) is 12.7 Å². The van der Waals surface area contributed by atoms with Gasteiger partial charge in [-0.3, -0.25) is 15.6 Å². The van der Waals surface area contributed by atoms with E-state index < -0.39 is 11.7 Å². The zero-order valence-corrected chi connectivity index (χ0v) is 20.3. The van der Waals surface area contributed by atoms with Gasteiger partial charge in [-0.05, 0) is 40.0 Å². The molecule has 11 nitrogen and oxygen atoms in total. The van der Waals surface area contributed by atoms with Crippen molar-refractivity contribution in [2.75, 3.05) is 7.11 Å². The number of rotatable bonds is 6. The zero-order valence-electron chi connectivity index (χ0n) is 18.8. The molecular formula is C22H18Cl2FN7O4. The standard InChI is InChI=1S/C22H18Cl2FN7O4/c1-10-28-20(32-35-10)19-14(6-13(23)7-16(19)25)11-3-4-12(15(24)5-11)9-27-22(26)30-29-21(33)17-8-18(34-2)31-36-17/h3-8H,9H2,1-2H3,(H,29,33)(H3,26,27,30). The third kappa shape index (κ3) is 5.56. The number of halogens is 3. The second-order valence-corrected chi connectivity index (χ2v) is 8.11. The first-order valence-corrected chi connectivity index (χ1v) is 11.0. The SMILES string of the molecule is COc1cc(C(=O)NNC(N)=NCc2ccc(-c3cc(Cl)cc(F)c3-c3noc(C)n3)cc2Cl)on1. The number of nitrogens with zero attached hydrogens (tertiary/aromatic N) is 4. The molecule has 14 heteroatoms. The molecule has 0 unspecified atom stereocenters. The Bertz CT molecular complexity index is 1450. The van der Waals surface area contributed by atoms with Crippen LogP contribution < -0.4 is 21.3 Å². The van der Waals surface area contributed by atoms with Gasteiger partial charge in [0.25, 0.3) is 5.88 Å². The summed E-state index contributed by atoms with van der Waals surface area (Å²) < 4.78 is 29.5. The quantitative estimate of drug-likeness (QED) is 0.190. The van der Waals surface area contributed by atoms with Gasteiger partial charge in [0.2, 0.25) is 23.4 Å². The summed E-state index contributed by atoms with van der Waals surface area (Å²) >= 11 is 12.6. The van der Waals surface area contributed by atoms with Crippen molar-refractivity contribution in [1.29, 1.82) is 0 Å². The summed E-state index contributed by atoms with van der Waals surface area (Å²) in [6.07, 6.45) is 0. The molecule has 0 aliphatic carbocycles. The van der Waals surface area contributed by atoms with Gasteiger partial charge in [-0.1, -0.05) is 40.5 Å². The number of amides is 1. The van der Waals surface area contributed by atoms with E-state index in [2.05, 4.69) is 31.1 Å². The minimum Gasteiger partial charge on any atom is -0.479 e. The maximum atomic E-state index is 14.8. The van der Waals surface area contributed by atoms with Crippen LogP contribution in [0.3, 0.4) is 0 Å². The van der Waals surface area contributed by atoms with E-state index >= 15 is 0 Å². The fraction of sp³-hybridized carbons (Fsp3) is 0.136. The Hall–Kier alpha value is -4.16. The van der Waals surface area contributed by atoms with Gasteiger partial charge >= 0.3 is 5.91 Å². The monoisotopic (exact) mass is 533 g/mol. The first kappa shape index (κ1) is 24.9. The van der Waals surface area contributed by atoms with Gasteiger partial charge in [0.1, 0.15) is 5.82 Å². The lowest BCUT2D eigenvalue weighted by atomic mass is 9.97. The zero-order chi connectivity index (χ0) is 25.8. The van der Waals surface area contributed by atoms with Gasteiger partial charge in [-0.25, -0.2) is 9.38 Å². The molecule has 4 N–H and O–H groups in total. The van der Waals surface area contributed by atoms with Gasteiger partial charge in [0, 0.05) is 17.0 Å². The van der Waals surface area contributed by atoms with Gasteiger partial charge in [0.15, 0.2) is 0 Å². The average Bonchev–Trinajstić information content (AvgIpc) is 3.50. The van der Waals surface area contributed by atoms with Crippen molar-refractivity contribution < 1.29 is 23.0 Å². The highest BCUT2D eigenvalue weighted by atomic mass is 35.5. The van der Waals surface area contributed by atoms with Crippen molar-refractivity contribution in [1.82, 2.24) is 26.1 Å². The molecule has 0 spiro atoms. The predicted molar refractivity (Wildman–Crippen MR) is 129 cm³/mol. The van der Waals surface area contributed by atoms with E-state index in [1.54, 1.807) is 31.2 Å².